The number of likely N-dealkylation sites (N-methyl/N-ethyl adjacent to an activating group) is 2. The summed E-state index contributed by atoms with van der Waals surface area (Å²) in [5.74, 6) is 0.843. The average Bonchev–Trinajstić information content (AvgIpc) is 3.36. The zero-order valence-electron chi connectivity index (χ0n) is 23.0. The van der Waals surface area contributed by atoms with Gasteiger partial charge in [0.1, 0.15) is 5.70 Å². The maximum Gasteiger partial charge on any atom is 0.197 e. The van der Waals surface area contributed by atoms with Crippen LogP contribution < -0.4 is 10.6 Å². The van der Waals surface area contributed by atoms with Crippen molar-refractivity contribution >= 4 is 12.4 Å². The Labute approximate surface area is 225 Å². The van der Waals surface area contributed by atoms with Gasteiger partial charge in [-0.1, -0.05) is 114 Å². The van der Waals surface area contributed by atoms with Crippen LogP contribution in [0, 0.1) is 0 Å². The lowest BCUT2D eigenvalue weighted by atomic mass is 9.99. The summed E-state index contributed by atoms with van der Waals surface area (Å²) >= 11 is 0. The van der Waals surface area contributed by atoms with Gasteiger partial charge in [0.15, 0.2) is 12.0 Å². The third-order valence-electron chi connectivity index (χ3n) is 5.67. The van der Waals surface area contributed by atoms with E-state index in [1.165, 1.54) is 12.0 Å². The molecule has 1 aliphatic carbocycles. The highest BCUT2D eigenvalue weighted by molar-refractivity contribution is 5.85. The minimum Gasteiger partial charge on any atom is -0.464 e. The van der Waals surface area contributed by atoms with Crippen LogP contribution in [0.2, 0.25) is 0 Å². The molecule has 2 unspecified atom stereocenters. The van der Waals surface area contributed by atoms with Gasteiger partial charge in [0.2, 0.25) is 0 Å². The van der Waals surface area contributed by atoms with Crippen LogP contribution in [0.5, 0.6) is 0 Å². The normalized spacial score (nSPS) is 17.8. The quantitative estimate of drug-likeness (QED) is 0.420. The fraction of sp³-hybridized carbons (Fsp3) is 0.355. The van der Waals surface area contributed by atoms with Crippen LogP contribution in [0.15, 0.2) is 102 Å². The summed E-state index contributed by atoms with van der Waals surface area (Å²) in [4.78, 5) is 2.22. The summed E-state index contributed by atoms with van der Waals surface area (Å²) in [5, 5.41) is 6.73. The first kappa shape index (κ1) is 31.1. The van der Waals surface area contributed by atoms with Crippen molar-refractivity contribution in [1.29, 1.82) is 0 Å². The first-order chi connectivity index (χ1) is 17.0. The predicted molar refractivity (Wildman–Crippen MR) is 158 cm³/mol. The van der Waals surface area contributed by atoms with Crippen molar-refractivity contribution in [3.8, 4) is 11.1 Å². The number of hydrogen-bond acceptors (Lipinski definition) is 4. The first-order valence-electron chi connectivity index (χ1n) is 12.7. The van der Waals surface area contributed by atoms with E-state index in [2.05, 4.69) is 117 Å². The lowest BCUT2D eigenvalue weighted by Gasteiger charge is -2.23. The van der Waals surface area contributed by atoms with Gasteiger partial charge >= 0.3 is 0 Å². The van der Waals surface area contributed by atoms with Crippen molar-refractivity contribution in [3.63, 3.8) is 0 Å². The van der Waals surface area contributed by atoms with E-state index in [-0.39, 0.29) is 18.6 Å². The molecule has 2 aliphatic rings. The van der Waals surface area contributed by atoms with Crippen molar-refractivity contribution in [1.82, 2.24) is 15.5 Å². The molecule has 0 saturated carbocycles. The Morgan fingerprint density at radius 1 is 1.06 bits per heavy atom. The van der Waals surface area contributed by atoms with Crippen LogP contribution in [0.4, 0.5) is 0 Å². The van der Waals surface area contributed by atoms with Gasteiger partial charge in [-0.3, -0.25) is 0 Å². The molecule has 4 rings (SSSR count). The van der Waals surface area contributed by atoms with Crippen molar-refractivity contribution in [2.24, 2.45) is 0 Å². The third kappa shape index (κ3) is 7.78. The molecule has 0 radical (unpaired) electrons. The van der Waals surface area contributed by atoms with E-state index in [0.29, 0.717) is 6.04 Å². The van der Waals surface area contributed by atoms with Gasteiger partial charge in [0, 0.05) is 24.2 Å². The van der Waals surface area contributed by atoms with E-state index in [0.717, 1.165) is 40.3 Å². The van der Waals surface area contributed by atoms with Crippen LogP contribution in [0.3, 0.4) is 0 Å². The molecule has 2 N–H and O–H groups in total. The van der Waals surface area contributed by atoms with Crippen LogP contribution in [0.25, 0.3) is 11.1 Å². The highest BCUT2D eigenvalue weighted by atomic mass is 35.5. The molecule has 196 valence electrons. The second-order valence-corrected chi connectivity index (χ2v) is 8.52. The maximum atomic E-state index is 6.51. The molecule has 36 heavy (non-hydrogen) atoms. The molecule has 1 heterocycles. The summed E-state index contributed by atoms with van der Waals surface area (Å²) in [6.45, 7) is 12.4. The lowest BCUT2D eigenvalue weighted by Crippen LogP contribution is -2.26. The Hall–Kier alpha value is -2.95. The molecule has 5 heteroatoms. The van der Waals surface area contributed by atoms with E-state index < -0.39 is 0 Å². The number of ether oxygens (including phenoxy) is 1. The van der Waals surface area contributed by atoms with Crippen LogP contribution >= 0.6 is 12.4 Å². The van der Waals surface area contributed by atoms with Crippen molar-refractivity contribution in [3.05, 3.63) is 108 Å². The number of benzene rings is 2. The molecule has 2 aromatic carbocycles. The summed E-state index contributed by atoms with van der Waals surface area (Å²) < 4.78 is 6.51. The van der Waals surface area contributed by atoms with Crippen LogP contribution in [-0.2, 0) is 4.74 Å². The number of allylic oxidation sites excluding steroid dienone is 1. The average molecular weight is 510 g/mol. The van der Waals surface area contributed by atoms with Gasteiger partial charge in [-0.05, 0) is 31.6 Å². The van der Waals surface area contributed by atoms with Gasteiger partial charge in [0.25, 0.3) is 0 Å². The predicted octanol–water partition coefficient (Wildman–Crippen LogP) is 7.60. The highest BCUT2D eigenvalue weighted by Crippen LogP contribution is 2.38. The minimum atomic E-state index is -0.280. The zero-order chi connectivity index (χ0) is 25.8. The summed E-state index contributed by atoms with van der Waals surface area (Å²) in [5.41, 5.74) is 6.25. The van der Waals surface area contributed by atoms with Gasteiger partial charge in [-0.2, -0.15) is 0 Å². The first-order valence-corrected chi connectivity index (χ1v) is 12.7. The Kier molecular flexibility index (Phi) is 13.7. The minimum absolute atomic E-state index is 0. The molecule has 0 fully saturated rings. The molecule has 2 atom stereocenters. The molecule has 0 amide bonds. The Morgan fingerprint density at radius 2 is 1.67 bits per heavy atom. The second-order valence-electron chi connectivity index (χ2n) is 8.52. The summed E-state index contributed by atoms with van der Waals surface area (Å²) in [6.07, 6.45) is 8.56. The van der Waals surface area contributed by atoms with Gasteiger partial charge in [0.05, 0.1) is 5.70 Å². The van der Waals surface area contributed by atoms with E-state index in [9.17, 15) is 0 Å². The number of nitrogens with one attached hydrogen (secondary N) is 2. The van der Waals surface area contributed by atoms with E-state index in [1.54, 1.807) is 0 Å². The zero-order valence-corrected chi connectivity index (χ0v) is 23.8. The van der Waals surface area contributed by atoms with E-state index in [1.807, 2.05) is 27.0 Å². The van der Waals surface area contributed by atoms with Crippen LogP contribution in [0.1, 0.15) is 52.3 Å². The molecule has 0 spiro atoms. The smallest absolute Gasteiger partial charge is 0.197 e. The molecule has 1 aliphatic heterocycles. The van der Waals surface area contributed by atoms with Crippen molar-refractivity contribution in [2.45, 2.75) is 52.8 Å². The molecular formula is C31H44ClN3O. The molecule has 0 aromatic heterocycles. The Balaban J connectivity index is 0.00000101. The SMILES string of the molecule is C=C(NC)C1=C(C2=CCC(N(C)C)C=C2)OC(c2ccccc2-c2ccccc2)N1.CC.CCC.Cl. The summed E-state index contributed by atoms with van der Waals surface area (Å²) in [7, 11) is 6.09. The van der Waals surface area contributed by atoms with Gasteiger partial charge in [-0.15, -0.1) is 12.4 Å². The van der Waals surface area contributed by atoms with Crippen LogP contribution in [-0.4, -0.2) is 32.1 Å². The van der Waals surface area contributed by atoms with Crippen molar-refractivity contribution < 1.29 is 4.74 Å². The van der Waals surface area contributed by atoms with Crippen molar-refractivity contribution in [2.75, 3.05) is 21.1 Å². The fourth-order valence-electron chi connectivity index (χ4n) is 3.87. The molecule has 0 saturated heterocycles. The number of hydrogen-bond donors (Lipinski definition) is 2. The Morgan fingerprint density at radius 3 is 2.22 bits per heavy atom. The Bertz CT molecular complexity index is 1040. The number of rotatable bonds is 6. The standard InChI is InChI=1S/C26H29N3O.C3H8.C2H6.ClH/c1-18(27-2)24-25(20-14-16-21(17-15-20)29(3)4)30-26(28-24)23-13-9-8-12-22(23)19-10-6-5-7-11-19;1-3-2;1-2;/h5-16,21,26-28H,1,17H2,2-4H3;3H2,1-2H3;1-2H3;1H. The topological polar surface area (TPSA) is 36.5 Å². The molecule has 0 bridgehead atoms. The van der Waals surface area contributed by atoms with E-state index in [4.69, 9.17) is 4.74 Å². The number of halogens is 1. The maximum absolute atomic E-state index is 6.51. The third-order valence-corrected chi connectivity index (χ3v) is 5.67. The van der Waals surface area contributed by atoms with E-state index >= 15 is 0 Å². The number of nitrogens with zero attached hydrogens (tertiary/aromatic N) is 1. The molecule has 2 aromatic rings. The summed E-state index contributed by atoms with van der Waals surface area (Å²) in [6, 6.07) is 19.2. The molecular weight excluding hydrogens is 466 g/mol. The van der Waals surface area contributed by atoms with Gasteiger partial charge in [-0.25, -0.2) is 0 Å². The largest absolute Gasteiger partial charge is 0.464 e. The molecule has 4 nitrogen and oxygen atoms in total. The lowest BCUT2D eigenvalue weighted by molar-refractivity contribution is 0.135. The van der Waals surface area contributed by atoms with Gasteiger partial charge < -0.3 is 20.3 Å². The monoisotopic (exact) mass is 509 g/mol. The highest BCUT2D eigenvalue weighted by Gasteiger charge is 2.31. The second kappa shape index (κ2) is 15.9. The fourth-order valence-corrected chi connectivity index (χ4v) is 3.87.